The molecular weight excluding hydrogens is 560 g/mol. The summed E-state index contributed by atoms with van der Waals surface area (Å²) in [5.41, 5.74) is 6.15. The largest absolute Gasteiger partial charge is 0.449 e. The molecule has 0 fully saturated rings. The maximum Gasteiger partial charge on any atom is 0.178 e. The van der Waals surface area contributed by atoms with Gasteiger partial charge in [0.15, 0.2) is 23.0 Å². The molecule has 8 aromatic rings. The van der Waals surface area contributed by atoms with Crippen molar-refractivity contribution in [3.63, 3.8) is 0 Å². The molecule has 1 aliphatic rings. The van der Waals surface area contributed by atoms with Gasteiger partial charge in [-0.3, -0.25) is 0 Å². The molecule has 0 bridgehead atoms. The van der Waals surface area contributed by atoms with Gasteiger partial charge < -0.3 is 9.47 Å². The minimum atomic E-state index is 0.00843. The first-order valence-electron chi connectivity index (χ1n) is 15.9. The molecule has 0 amide bonds. The van der Waals surface area contributed by atoms with Crippen LogP contribution in [0.2, 0.25) is 0 Å². The van der Waals surface area contributed by atoms with Crippen LogP contribution in [0.3, 0.4) is 0 Å². The third-order valence-electron chi connectivity index (χ3n) is 9.39. The van der Waals surface area contributed by atoms with E-state index in [0.29, 0.717) is 0 Å². The molecule has 2 heteroatoms. The van der Waals surface area contributed by atoms with Crippen LogP contribution in [-0.2, 0) is 5.41 Å². The highest BCUT2D eigenvalue weighted by Gasteiger charge is 2.26. The first-order chi connectivity index (χ1) is 22.5. The second-order valence-corrected chi connectivity index (χ2v) is 13.3. The summed E-state index contributed by atoms with van der Waals surface area (Å²) in [5, 5.41) is 9.55. The predicted molar refractivity (Wildman–Crippen MR) is 193 cm³/mol. The van der Waals surface area contributed by atoms with Crippen molar-refractivity contribution >= 4 is 43.1 Å². The van der Waals surface area contributed by atoms with Crippen molar-refractivity contribution in [1.29, 1.82) is 0 Å². The van der Waals surface area contributed by atoms with E-state index in [1.54, 1.807) is 0 Å². The summed E-state index contributed by atoms with van der Waals surface area (Å²) in [6, 6.07) is 49.7. The van der Waals surface area contributed by atoms with Crippen molar-refractivity contribution in [2.75, 3.05) is 0 Å². The molecule has 1 aliphatic heterocycles. The van der Waals surface area contributed by atoms with Gasteiger partial charge in [0.2, 0.25) is 0 Å². The molecule has 8 aromatic carbocycles. The zero-order valence-electron chi connectivity index (χ0n) is 26.1. The van der Waals surface area contributed by atoms with Crippen LogP contribution in [0, 0.1) is 0 Å². The second kappa shape index (κ2) is 9.95. The normalized spacial score (nSPS) is 12.6. The molecule has 0 saturated carbocycles. The molecule has 0 aliphatic carbocycles. The highest BCUT2D eigenvalue weighted by molar-refractivity contribution is 6.15. The molecule has 0 unspecified atom stereocenters. The van der Waals surface area contributed by atoms with Gasteiger partial charge >= 0.3 is 0 Å². The second-order valence-electron chi connectivity index (χ2n) is 13.3. The molecule has 0 atom stereocenters. The molecule has 0 spiro atoms. The average Bonchev–Trinajstić information content (AvgIpc) is 3.09. The molecule has 0 aromatic heterocycles. The SMILES string of the molecule is CC(C)(C)c1c2ccccc2c(-c2ccc(-c3cc4c(c5ccccc35)Oc3c(ccc5ccccc35)O4)cc2)c2ccccc12. The molecule has 220 valence electrons. The first-order valence-corrected chi connectivity index (χ1v) is 15.9. The van der Waals surface area contributed by atoms with Gasteiger partial charge in [0.25, 0.3) is 0 Å². The fourth-order valence-corrected chi connectivity index (χ4v) is 7.44. The topological polar surface area (TPSA) is 18.5 Å². The number of fused-ring (bicyclic) bond motifs is 8. The van der Waals surface area contributed by atoms with Crippen molar-refractivity contribution in [1.82, 2.24) is 0 Å². The number of benzene rings is 8. The molecular formula is C44H32O2. The summed E-state index contributed by atoms with van der Waals surface area (Å²) in [5.74, 6) is 3.00. The Balaban J connectivity index is 1.20. The average molecular weight is 593 g/mol. The Labute approximate surface area is 268 Å². The Bertz CT molecular complexity index is 2440. The van der Waals surface area contributed by atoms with Gasteiger partial charge in [0, 0.05) is 10.8 Å². The van der Waals surface area contributed by atoms with E-state index in [4.69, 9.17) is 9.47 Å². The Morgan fingerprint density at radius 1 is 0.413 bits per heavy atom. The van der Waals surface area contributed by atoms with Crippen molar-refractivity contribution in [2.45, 2.75) is 26.2 Å². The van der Waals surface area contributed by atoms with Gasteiger partial charge in [-0.2, -0.15) is 0 Å². The lowest BCUT2D eigenvalue weighted by Gasteiger charge is -2.26. The van der Waals surface area contributed by atoms with Gasteiger partial charge in [0.05, 0.1) is 0 Å². The van der Waals surface area contributed by atoms with Crippen LogP contribution in [0.4, 0.5) is 0 Å². The number of ether oxygens (including phenoxy) is 2. The zero-order valence-corrected chi connectivity index (χ0v) is 26.1. The molecule has 46 heavy (non-hydrogen) atoms. The monoisotopic (exact) mass is 592 g/mol. The summed E-state index contributed by atoms with van der Waals surface area (Å²) < 4.78 is 13.2. The summed E-state index contributed by atoms with van der Waals surface area (Å²) >= 11 is 0. The van der Waals surface area contributed by atoms with Crippen LogP contribution < -0.4 is 9.47 Å². The molecule has 0 saturated heterocycles. The van der Waals surface area contributed by atoms with Crippen molar-refractivity contribution in [2.24, 2.45) is 0 Å². The van der Waals surface area contributed by atoms with Gasteiger partial charge in [-0.1, -0.05) is 148 Å². The number of hydrogen-bond donors (Lipinski definition) is 0. The third-order valence-corrected chi connectivity index (χ3v) is 9.39. The van der Waals surface area contributed by atoms with Gasteiger partial charge in [-0.25, -0.2) is 0 Å². The minimum Gasteiger partial charge on any atom is -0.449 e. The third kappa shape index (κ3) is 4.03. The Hall–Kier alpha value is -5.60. The summed E-state index contributed by atoms with van der Waals surface area (Å²) in [4.78, 5) is 0. The van der Waals surface area contributed by atoms with E-state index in [9.17, 15) is 0 Å². The van der Waals surface area contributed by atoms with Crippen molar-refractivity contribution in [3.05, 3.63) is 145 Å². The fraction of sp³-hybridized carbons (Fsp3) is 0.0909. The summed E-state index contributed by atoms with van der Waals surface area (Å²) in [6.07, 6.45) is 0. The van der Waals surface area contributed by atoms with E-state index < -0.39 is 0 Å². The van der Waals surface area contributed by atoms with E-state index in [-0.39, 0.29) is 5.41 Å². The highest BCUT2D eigenvalue weighted by atomic mass is 16.6. The van der Waals surface area contributed by atoms with Crippen molar-refractivity contribution < 1.29 is 9.47 Å². The standard InChI is InChI=1S/C44H32O2/c1-44(2,3)41-34-17-9-7-15-32(34)40(33-16-8-10-18-35(33)41)29-22-20-28(21-23-29)37-26-39-43(36-19-11-6-14-31(36)37)46-42-30-13-5-4-12-27(30)24-25-38(42)45-39/h4-26H,1-3H3. The predicted octanol–water partition coefficient (Wildman–Crippen LogP) is 12.8. The molecule has 0 radical (unpaired) electrons. The molecule has 1 heterocycles. The lowest BCUT2D eigenvalue weighted by atomic mass is 9.78. The molecule has 9 rings (SSSR count). The van der Waals surface area contributed by atoms with Gasteiger partial charge in [-0.15, -0.1) is 0 Å². The van der Waals surface area contributed by atoms with Crippen LogP contribution in [0.1, 0.15) is 26.3 Å². The zero-order chi connectivity index (χ0) is 31.0. The Morgan fingerprint density at radius 2 is 0.935 bits per heavy atom. The lowest BCUT2D eigenvalue weighted by molar-refractivity contribution is 0.367. The fourth-order valence-electron chi connectivity index (χ4n) is 7.44. The van der Waals surface area contributed by atoms with E-state index in [0.717, 1.165) is 55.7 Å². The van der Waals surface area contributed by atoms with E-state index in [2.05, 4.69) is 142 Å². The summed E-state index contributed by atoms with van der Waals surface area (Å²) in [6.45, 7) is 6.94. The van der Waals surface area contributed by atoms with Crippen LogP contribution in [0.15, 0.2) is 140 Å². The maximum atomic E-state index is 6.66. The molecule has 2 nitrogen and oxygen atoms in total. The van der Waals surface area contributed by atoms with Crippen molar-refractivity contribution in [3.8, 4) is 45.3 Å². The van der Waals surface area contributed by atoms with Crippen LogP contribution in [0.5, 0.6) is 23.0 Å². The van der Waals surface area contributed by atoms with E-state index in [1.165, 1.54) is 38.2 Å². The van der Waals surface area contributed by atoms with E-state index >= 15 is 0 Å². The van der Waals surface area contributed by atoms with Crippen LogP contribution in [0.25, 0.3) is 65.3 Å². The highest BCUT2D eigenvalue weighted by Crippen LogP contribution is 2.53. The quantitative estimate of drug-likeness (QED) is 0.186. The molecule has 0 N–H and O–H groups in total. The summed E-state index contributed by atoms with van der Waals surface area (Å²) in [7, 11) is 0. The van der Waals surface area contributed by atoms with Gasteiger partial charge in [-0.05, 0) is 77.7 Å². The Morgan fingerprint density at radius 3 is 1.59 bits per heavy atom. The van der Waals surface area contributed by atoms with Crippen LogP contribution in [-0.4, -0.2) is 0 Å². The maximum absolute atomic E-state index is 6.66. The Kier molecular flexibility index (Phi) is 5.79. The first kappa shape index (κ1) is 26.8. The van der Waals surface area contributed by atoms with E-state index in [1.807, 2.05) is 18.2 Å². The number of hydrogen-bond acceptors (Lipinski definition) is 2. The minimum absolute atomic E-state index is 0.00843. The lowest BCUT2D eigenvalue weighted by Crippen LogP contribution is -2.13. The van der Waals surface area contributed by atoms with Crippen LogP contribution >= 0.6 is 0 Å². The van der Waals surface area contributed by atoms with Gasteiger partial charge in [0.1, 0.15) is 0 Å². The number of rotatable bonds is 2. The smallest absolute Gasteiger partial charge is 0.178 e.